The lowest BCUT2D eigenvalue weighted by Crippen LogP contribution is -2.42. The van der Waals surface area contributed by atoms with Crippen molar-refractivity contribution < 1.29 is 22.7 Å². The summed E-state index contributed by atoms with van der Waals surface area (Å²) in [7, 11) is 0. The first-order chi connectivity index (χ1) is 10.5. The largest absolute Gasteiger partial charge is 0.444 e. The highest BCUT2D eigenvalue weighted by molar-refractivity contribution is 9.10. The molecule has 0 radical (unpaired) electrons. The summed E-state index contributed by atoms with van der Waals surface area (Å²) in [4.78, 5) is 13.5. The number of rotatable bonds is 1. The van der Waals surface area contributed by atoms with Gasteiger partial charge in [0, 0.05) is 13.1 Å². The lowest BCUT2D eigenvalue weighted by Gasteiger charge is -2.34. The van der Waals surface area contributed by atoms with Crippen LogP contribution in [0.5, 0.6) is 0 Å². The molecule has 2 rings (SSSR count). The van der Waals surface area contributed by atoms with E-state index in [4.69, 9.17) is 4.74 Å². The Hall–Kier alpha value is -1.25. The first-order valence-electron chi connectivity index (χ1n) is 7.27. The fourth-order valence-corrected chi connectivity index (χ4v) is 3.00. The van der Waals surface area contributed by atoms with Gasteiger partial charge in [-0.1, -0.05) is 0 Å². The van der Waals surface area contributed by atoms with Gasteiger partial charge in [0.15, 0.2) is 5.69 Å². The Kier molecular flexibility index (Phi) is 4.98. The van der Waals surface area contributed by atoms with Gasteiger partial charge in [-0.2, -0.15) is 18.3 Å². The van der Waals surface area contributed by atoms with Gasteiger partial charge in [-0.25, -0.2) is 4.79 Å². The molecule has 0 aromatic carbocycles. The van der Waals surface area contributed by atoms with Crippen molar-refractivity contribution in [3.05, 3.63) is 16.4 Å². The van der Waals surface area contributed by atoms with Crippen molar-refractivity contribution in [2.24, 2.45) is 0 Å². The van der Waals surface area contributed by atoms with Gasteiger partial charge >= 0.3 is 12.3 Å². The molecule has 2 heterocycles. The molecule has 1 aromatic rings. The molecule has 130 valence electrons. The predicted octanol–water partition coefficient (Wildman–Crippen LogP) is 4.24. The molecule has 0 spiro atoms. The predicted molar refractivity (Wildman–Crippen MR) is 81.0 cm³/mol. The van der Waals surface area contributed by atoms with Crippen LogP contribution < -0.4 is 0 Å². The van der Waals surface area contributed by atoms with E-state index in [-0.39, 0.29) is 4.47 Å². The molecule has 5 nitrogen and oxygen atoms in total. The van der Waals surface area contributed by atoms with Gasteiger partial charge in [-0.3, -0.25) is 4.68 Å². The second-order valence-corrected chi connectivity index (χ2v) is 7.34. The number of halogens is 4. The van der Waals surface area contributed by atoms with Crippen LogP contribution in [-0.2, 0) is 10.9 Å². The number of carbonyl (C=O) groups is 1. The first kappa shape index (κ1) is 18.1. The Labute approximate surface area is 140 Å². The number of alkyl halides is 3. The number of ether oxygens (including phenoxy) is 1. The maximum Gasteiger partial charge on any atom is 0.434 e. The van der Waals surface area contributed by atoms with E-state index in [1.54, 1.807) is 20.8 Å². The zero-order valence-electron chi connectivity index (χ0n) is 13.2. The SMILES string of the molecule is CC(C)(C)OC(=O)N1CCC(n2ncc(Br)c2C(F)(F)F)CC1. The van der Waals surface area contributed by atoms with Crippen LogP contribution in [0.4, 0.5) is 18.0 Å². The Bertz CT molecular complexity index is 573. The summed E-state index contributed by atoms with van der Waals surface area (Å²) in [6.45, 7) is 6.00. The van der Waals surface area contributed by atoms with E-state index in [9.17, 15) is 18.0 Å². The fraction of sp³-hybridized carbons (Fsp3) is 0.714. The average Bonchev–Trinajstić information content (AvgIpc) is 2.79. The van der Waals surface area contributed by atoms with Crippen LogP contribution in [0.15, 0.2) is 10.7 Å². The second-order valence-electron chi connectivity index (χ2n) is 6.48. The smallest absolute Gasteiger partial charge is 0.434 e. The molecule has 0 saturated carbocycles. The van der Waals surface area contributed by atoms with Crippen molar-refractivity contribution in [2.75, 3.05) is 13.1 Å². The molecule has 0 atom stereocenters. The number of aromatic nitrogens is 2. The lowest BCUT2D eigenvalue weighted by atomic mass is 10.1. The topological polar surface area (TPSA) is 47.4 Å². The summed E-state index contributed by atoms with van der Waals surface area (Å²) < 4.78 is 45.6. The van der Waals surface area contributed by atoms with E-state index >= 15 is 0 Å². The summed E-state index contributed by atoms with van der Waals surface area (Å²) >= 11 is 2.90. The molecule has 23 heavy (non-hydrogen) atoms. The van der Waals surface area contributed by atoms with Crippen LogP contribution in [0.3, 0.4) is 0 Å². The van der Waals surface area contributed by atoms with Gasteiger partial charge in [-0.05, 0) is 49.5 Å². The molecule has 1 amide bonds. The van der Waals surface area contributed by atoms with Crippen LogP contribution in [0.25, 0.3) is 0 Å². The van der Waals surface area contributed by atoms with Gasteiger partial charge < -0.3 is 9.64 Å². The zero-order chi connectivity index (χ0) is 17.4. The second kappa shape index (κ2) is 6.33. The quantitative estimate of drug-likeness (QED) is 0.711. The average molecular weight is 398 g/mol. The zero-order valence-corrected chi connectivity index (χ0v) is 14.7. The lowest BCUT2D eigenvalue weighted by molar-refractivity contribution is -0.146. The number of hydrogen-bond donors (Lipinski definition) is 0. The normalized spacial score (nSPS) is 17.4. The molecular weight excluding hydrogens is 379 g/mol. The van der Waals surface area contributed by atoms with Crippen molar-refractivity contribution in [3.8, 4) is 0 Å². The van der Waals surface area contributed by atoms with Gasteiger partial charge in [0.1, 0.15) is 5.60 Å². The van der Waals surface area contributed by atoms with Crippen LogP contribution >= 0.6 is 15.9 Å². The minimum atomic E-state index is -4.47. The fourth-order valence-electron chi connectivity index (χ4n) is 2.50. The summed E-state index contributed by atoms with van der Waals surface area (Å²) in [5.74, 6) is 0. The first-order valence-corrected chi connectivity index (χ1v) is 8.06. The molecule has 9 heteroatoms. The molecule has 0 unspecified atom stereocenters. The summed E-state index contributed by atoms with van der Waals surface area (Å²) in [6, 6.07) is -0.392. The molecule has 1 aromatic heterocycles. The third kappa shape index (κ3) is 4.39. The van der Waals surface area contributed by atoms with Gasteiger partial charge in [-0.15, -0.1) is 0 Å². The van der Waals surface area contributed by atoms with E-state index in [0.717, 1.165) is 10.9 Å². The van der Waals surface area contributed by atoms with Crippen molar-refractivity contribution in [1.29, 1.82) is 0 Å². The minimum Gasteiger partial charge on any atom is -0.444 e. The van der Waals surface area contributed by atoms with Crippen LogP contribution in [0.1, 0.15) is 45.3 Å². The molecule has 1 fully saturated rings. The summed E-state index contributed by atoms with van der Waals surface area (Å²) in [5, 5.41) is 3.85. The van der Waals surface area contributed by atoms with Gasteiger partial charge in [0.05, 0.1) is 16.7 Å². The maximum absolute atomic E-state index is 13.1. The Morgan fingerprint density at radius 1 is 1.30 bits per heavy atom. The molecule has 0 N–H and O–H groups in total. The highest BCUT2D eigenvalue weighted by Crippen LogP contribution is 2.38. The van der Waals surface area contributed by atoms with E-state index in [1.807, 2.05) is 0 Å². The number of carbonyl (C=O) groups excluding carboxylic acids is 1. The van der Waals surface area contributed by atoms with Gasteiger partial charge in [0.2, 0.25) is 0 Å². The molecule has 0 bridgehead atoms. The van der Waals surface area contributed by atoms with E-state index in [0.29, 0.717) is 25.9 Å². The number of likely N-dealkylation sites (tertiary alicyclic amines) is 1. The molecular formula is C14H19BrF3N3O2. The highest BCUT2D eigenvalue weighted by atomic mass is 79.9. The summed E-state index contributed by atoms with van der Waals surface area (Å²) in [5.41, 5.74) is -1.38. The van der Waals surface area contributed by atoms with Crippen molar-refractivity contribution >= 4 is 22.0 Å². The maximum atomic E-state index is 13.1. The third-order valence-electron chi connectivity index (χ3n) is 3.48. The molecule has 1 saturated heterocycles. The summed E-state index contributed by atoms with van der Waals surface area (Å²) in [6.07, 6.45) is -2.96. The van der Waals surface area contributed by atoms with E-state index in [1.165, 1.54) is 4.90 Å². The van der Waals surface area contributed by atoms with E-state index < -0.39 is 29.6 Å². The Morgan fingerprint density at radius 3 is 2.35 bits per heavy atom. The number of nitrogens with zero attached hydrogens (tertiary/aromatic N) is 3. The van der Waals surface area contributed by atoms with Crippen LogP contribution in [0.2, 0.25) is 0 Å². The number of hydrogen-bond acceptors (Lipinski definition) is 3. The van der Waals surface area contributed by atoms with Gasteiger partial charge in [0.25, 0.3) is 0 Å². The molecule has 1 aliphatic heterocycles. The molecule has 1 aliphatic rings. The van der Waals surface area contributed by atoms with E-state index in [2.05, 4.69) is 21.0 Å². The Morgan fingerprint density at radius 2 is 1.87 bits per heavy atom. The minimum absolute atomic E-state index is 0.0698. The number of piperidine rings is 1. The molecule has 0 aliphatic carbocycles. The van der Waals surface area contributed by atoms with Crippen LogP contribution in [-0.4, -0.2) is 39.5 Å². The standard InChI is InChI=1S/C14H19BrF3N3O2/c1-13(2,3)23-12(22)20-6-4-9(5-7-20)21-11(14(16,17)18)10(15)8-19-21/h8-9H,4-7H2,1-3H3. The van der Waals surface area contributed by atoms with Crippen LogP contribution in [0, 0.1) is 0 Å². The number of amides is 1. The van der Waals surface area contributed by atoms with Crippen molar-refractivity contribution in [2.45, 2.75) is 51.4 Å². The van der Waals surface area contributed by atoms with Crippen molar-refractivity contribution in [3.63, 3.8) is 0 Å². The highest BCUT2D eigenvalue weighted by Gasteiger charge is 2.40. The van der Waals surface area contributed by atoms with Crippen molar-refractivity contribution in [1.82, 2.24) is 14.7 Å². The third-order valence-corrected chi connectivity index (χ3v) is 4.06. The monoisotopic (exact) mass is 397 g/mol. The Balaban J connectivity index is 2.05.